The lowest BCUT2D eigenvalue weighted by Gasteiger charge is -2.28. The summed E-state index contributed by atoms with van der Waals surface area (Å²) in [6.07, 6.45) is 4.78. The van der Waals surface area contributed by atoms with Crippen LogP contribution in [-0.2, 0) is 22.6 Å². The summed E-state index contributed by atoms with van der Waals surface area (Å²) >= 11 is 0. The fourth-order valence-corrected chi connectivity index (χ4v) is 5.48. The van der Waals surface area contributed by atoms with Gasteiger partial charge in [-0.3, -0.25) is 14.4 Å². The molecule has 3 heterocycles. The third kappa shape index (κ3) is 7.19. The van der Waals surface area contributed by atoms with E-state index in [2.05, 4.69) is 25.8 Å². The van der Waals surface area contributed by atoms with Crippen molar-refractivity contribution in [3.8, 4) is 5.69 Å². The molecule has 1 aliphatic rings. The van der Waals surface area contributed by atoms with E-state index >= 15 is 0 Å². The van der Waals surface area contributed by atoms with Gasteiger partial charge in [0.15, 0.2) is 0 Å². The number of nitrogens with zero attached hydrogens (tertiary/aromatic N) is 7. The molecule has 0 unspecified atom stereocenters. The van der Waals surface area contributed by atoms with E-state index in [4.69, 9.17) is 4.98 Å². The van der Waals surface area contributed by atoms with Crippen molar-refractivity contribution in [2.24, 2.45) is 5.92 Å². The average molecular weight is 598 g/mol. The molecular formula is C32H39N9O3. The van der Waals surface area contributed by atoms with Crippen molar-refractivity contribution in [2.75, 3.05) is 13.1 Å². The fraction of sp³-hybridized carbons (Fsp3) is 0.406. The van der Waals surface area contributed by atoms with E-state index in [1.54, 1.807) is 26.7 Å². The molecule has 0 bridgehead atoms. The number of hydrogen-bond acceptors (Lipinski definition) is 7. The molecule has 4 aromatic rings. The lowest BCUT2D eigenvalue weighted by Crippen LogP contribution is -2.51. The lowest BCUT2D eigenvalue weighted by atomic mass is 9.97. The van der Waals surface area contributed by atoms with Gasteiger partial charge in [-0.25, -0.2) is 19.3 Å². The Balaban J connectivity index is 1.50. The quantitative estimate of drug-likeness (QED) is 0.348. The largest absolute Gasteiger partial charge is 0.344 e. The van der Waals surface area contributed by atoms with Crippen molar-refractivity contribution in [2.45, 2.75) is 65.1 Å². The molecule has 0 saturated heterocycles. The predicted octanol–water partition coefficient (Wildman–Crippen LogP) is 3.03. The van der Waals surface area contributed by atoms with Crippen LogP contribution in [0.15, 0.2) is 67.3 Å². The van der Waals surface area contributed by atoms with Crippen LogP contribution >= 0.6 is 0 Å². The molecule has 0 spiro atoms. The Morgan fingerprint density at radius 3 is 2.55 bits per heavy atom. The predicted molar refractivity (Wildman–Crippen MR) is 164 cm³/mol. The number of carbonyl (C=O) groups excluding carboxylic acids is 3. The van der Waals surface area contributed by atoms with Crippen LogP contribution in [0.2, 0.25) is 0 Å². The maximum absolute atomic E-state index is 14.0. The maximum Gasteiger partial charge on any atom is 0.256 e. The molecule has 0 fully saturated rings. The fourth-order valence-electron chi connectivity index (χ4n) is 5.48. The first-order valence-corrected chi connectivity index (χ1v) is 15.1. The monoisotopic (exact) mass is 597 g/mol. The second kappa shape index (κ2) is 14.1. The van der Waals surface area contributed by atoms with Crippen LogP contribution in [0.3, 0.4) is 0 Å². The highest BCUT2D eigenvalue weighted by atomic mass is 16.2. The van der Waals surface area contributed by atoms with E-state index in [1.165, 1.54) is 6.33 Å². The van der Waals surface area contributed by atoms with Gasteiger partial charge in [-0.2, -0.15) is 10.2 Å². The molecule has 2 N–H and O–H groups in total. The Hall–Kier alpha value is -4.87. The van der Waals surface area contributed by atoms with E-state index in [0.29, 0.717) is 61.8 Å². The third-order valence-corrected chi connectivity index (χ3v) is 8.03. The summed E-state index contributed by atoms with van der Waals surface area (Å²) in [4.78, 5) is 51.4. The van der Waals surface area contributed by atoms with Crippen LogP contribution in [0, 0.1) is 12.8 Å². The van der Waals surface area contributed by atoms with Gasteiger partial charge in [-0.1, -0.05) is 62.7 Å². The molecule has 3 atom stereocenters. The highest BCUT2D eigenvalue weighted by Crippen LogP contribution is 2.21. The lowest BCUT2D eigenvalue weighted by molar-refractivity contribution is -0.130. The zero-order valence-electron chi connectivity index (χ0n) is 25.4. The van der Waals surface area contributed by atoms with Gasteiger partial charge in [0, 0.05) is 19.5 Å². The minimum atomic E-state index is -0.710. The zero-order valence-corrected chi connectivity index (χ0v) is 25.4. The molecule has 0 saturated carbocycles. The Morgan fingerprint density at radius 1 is 1.02 bits per heavy atom. The molecule has 2 aromatic heterocycles. The number of nitrogens with one attached hydrogen (secondary N) is 2. The second-order valence-corrected chi connectivity index (χ2v) is 11.2. The number of amides is 3. The zero-order chi connectivity index (χ0) is 31.1. The SMILES string of the molecule is CC[C@H](C)[C@@H]1NC(=O)CCCN(C(=O)c2ccccc2-n2cncn2)CCn2nc(C)nc2[C@H](Cc2ccccc2)NC1=O. The van der Waals surface area contributed by atoms with Gasteiger partial charge in [-0.15, -0.1) is 0 Å². The highest BCUT2D eigenvalue weighted by Gasteiger charge is 2.31. The Labute approximate surface area is 256 Å². The number of aryl methyl sites for hydroxylation is 1. The standard InChI is InChI=1S/C32H39N9O3/c1-4-22(2)29-31(43)36-26(19-24-11-6-5-7-12-24)30-35-23(3)38-40(30)18-17-39(16-10-15-28(42)37-29)32(44)25-13-8-9-14-27(25)41-21-33-20-34-41/h5-9,11-14,20-22,26,29H,4,10,15-19H2,1-3H3,(H,36,43)(H,37,42)/t22-,26-,29-/m0/s1. The van der Waals surface area contributed by atoms with Crippen LogP contribution in [0.25, 0.3) is 5.69 Å². The van der Waals surface area contributed by atoms with E-state index < -0.39 is 12.1 Å². The number of hydrogen-bond donors (Lipinski definition) is 2. The molecule has 12 heteroatoms. The van der Waals surface area contributed by atoms with Crippen molar-refractivity contribution >= 4 is 17.7 Å². The third-order valence-electron chi connectivity index (χ3n) is 8.03. The summed E-state index contributed by atoms with van der Waals surface area (Å²) in [5, 5.41) is 15.0. The van der Waals surface area contributed by atoms with Gasteiger partial charge >= 0.3 is 0 Å². The van der Waals surface area contributed by atoms with E-state index in [0.717, 1.165) is 5.56 Å². The van der Waals surface area contributed by atoms with Gasteiger partial charge < -0.3 is 15.5 Å². The summed E-state index contributed by atoms with van der Waals surface area (Å²) in [5.74, 6) is 0.416. The molecular weight excluding hydrogens is 558 g/mol. The highest BCUT2D eigenvalue weighted by molar-refractivity contribution is 5.97. The minimum absolute atomic E-state index is 0.0878. The first kappa shape index (κ1) is 30.6. The van der Waals surface area contributed by atoms with Gasteiger partial charge in [0.2, 0.25) is 11.8 Å². The van der Waals surface area contributed by atoms with Gasteiger partial charge in [0.1, 0.15) is 30.3 Å². The van der Waals surface area contributed by atoms with Crippen molar-refractivity contribution in [1.82, 2.24) is 45.1 Å². The topological polar surface area (TPSA) is 140 Å². The molecule has 230 valence electrons. The summed E-state index contributed by atoms with van der Waals surface area (Å²) in [7, 11) is 0. The average Bonchev–Trinajstić information content (AvgIpc) is 3.70. The number of aromatic nitrogens is 6. The molecule has 5 rings (SSSR count). The molecule has 2 aromatic carbocycles. The van der Waals surface area contributed by atoms with Crippen LogP contribution in [0.4, 0.5) is 0 Å². The van der Waals surface area contributed by atoms with E-state index in [9.17, 15) is 14.4 Å². The second-order valence-electron chi connectivity index (χ2n) is 11.2. The number of rotatable bonds is 6. The van der Waals surface area contributed by atoms with Crippen molar-refractivity contribution in [3.63, 3.8) is 0 Å². The number of fused-ring (bicyclic) bond motifs is 1. The first-order valence-electron chi connectivity index (χ1n) is 15.1. The first-order chi connectivity index (χ1) is 21.3. The summed E-state index contributed by atoms with van der Waals surface area (Å²) in [5.41, 5.74) is 2.12. The molecule has 0 radical (unpaired) electrons. The van der Waals surface area contributed by atoms with Crippen LogP contribution in [0.1, 0.15) is 66.7 Å². The van der Waals surface area contributed by atoms with Crippen LogP contribution in [-0.4, -0.2) is 71.3 Å². The number of para-hydroxylation sites is 1. The van der Waals surface area contributed by atoms with Crippen molar-refractivity contribution in [1.29, 1.82) is 0 Å². The van der Waals surface area contributed by atoms with Crippen molar-refractivity contribution < 1.29 is 14.4 Å². The Morgan fingerprint density at radius 2 is 1.80 bits per heavy atom. The summed E-state index contributed by atoms with van der Waals surface area (Å²) < 4.78 is 3.35. The summed E-state index contributed by atoms with van der Waals surface area (Å²) in [6.45, 7) is 6.79. The van der Waals surface area contributed by atoms with Crippen molar-refractivity contribution in [3.05, 3.63) is 90.0 Å². The van der Waals surface area contributed by atoms with E-state index in [-0.39, 0.29) is 30.1 Å². The number of benzene rings is 2. The molecule has 12 nitrogen and oxygen atoms in total. The summed E-state index contributed by atoms with van der Waals surface area (Å²) in [6, 6.07) is 15.9. The Kier molecular flexibility index (Phi) is 9.78. The smallest absolute Gasteiger partial charge is 0.256 e. The molecule has 1 aliphatic heterocycles. The van der Waals surface area contributed by atoms with Crippen LogP contribution < -0.4 is 10.6 Å². The molecule has 44 heavy (non-hydrogen) atoms. The number of carbonyl (C=O) groups is 3. The van der Waals surface area contributed by atoms with E-state index in [1.807, 2.05) is 69.3 Å². The normalized spacial score (nSPS) is 18.9. The molecule has 3 amide bonds. The van der Waals surface area contributed by atoms with Gasteiger partial charge in [0.25, 0.3) is 5.91 Å². The maximum atomic E-state index is 14.0. The Bertz CT molecular complexity index is 1570. The van der Waals surface area contributed by atoms with Crippen LogP contribution in [0.5, 0.6) is 0 Å². The van der Waals surface area contributed by atoms with Gasteiger partial charge in [0.05, 0.1) is 23.8 Å². The van der Waals surface area contributed by atoms with Gasteiger partial charge in [-0.05, 0) is 43.4 Å². The molecule has 0 aliphatic carbocycles. The minimum Gasteiger partial charge on any atom is -0.344 e.